The third kappa shape index (κ3) is 1.72. The molecule has 0 fully saturated rings. The van der Waals surface area contributed by atoms with Crippen molar-refractivity contribution in [3.05, 3.63) is 45.7 Å². The zero-order valence-corrected chi connectivity index (χ0v) is 11.7. The number of halogens is 1. The van der Waals surface area contributed by atoms with E-state index in [1.165, 1.54) is 0 Å². The van der Waals surface area contributed by atoms with Gasteiger partial charge in [0.15, 0.2) is 5.78 Å². The Morgan fingerprint density at radius 3 is 2.83 bits per heavy atom. The molecule has 2 aromatic rings. The van der Waals surface area contributed by atoms with Gasteiger partial charge >= 0.3 is 0 Å². The van der Waals surface area contributed by atoms with E-state index in [-0.39, 0.29) is 5.78 Å². The maximum Gasteiger partial charge on any atom is 0.166 e. The summed E-state index contributed by atoms with van der Waals surface area (Å²) in [5.74, 6) is 0.229. The van der Waals surface area contributed by atoms with Gasteiger partial charge < -0.3 is 0 Å². The van der Waals surface area contributed by atoms with Crippen LogP contribution in [0.5, 0.6) is 0 Å². The molecule has 0 amide bonds. The van der Waals surface area contributed by atoms with Crippen LogP contribution in [-0.4, -0.2) is 15.6 Å². The average molecular weight is 305 g/mol. The zero-order chi connectivity index (χ0) is 12.7. The van der Waals surface area contributed by atoms with Gasteiger partial charge in [0, 0.05) is 10.9 Å². The van der Waals surface area contributed by atoms with Crippen molar-refractivity contribution in [2.45, 2.75) is 26.2 Å². The van der Waals surface area contributed by atoms with Gasteiger partial charge in [-0.3, -0.25) is 4.79 Å². The fourth-order valence-electron chi connectivity index (χ4n) is 2.53. The van der Waals surface area contributed by atoms with Gasteiger partial charge in [0.05, 0.1) is 22.6 Å². The molecule has 0 radical (unpaired) electrons. The number of hydrogen-bond acceptors (Lipinski definition) is 2. The first-order valence-corrected chi connectivity index (χ1v) is 6.84. The predicted molar refractivity (Wildman–Crippen MR) is 73.3 cm³/mol. The first-order valence-electron chi connectivity index (χ1n) is 6.05. The molecule has 1 heterocycles. The number of aryl methyl sites for hydroxylation is 1. The molecule has 4 heteroatoms. The van der Waals surface area contributed by atoms with Crippen LogP contribution in [0.25, 0.3) is 5.69 Å². The zero-order valence-electron chi connectivity index (χ0n) is 10.1. The lowest BCUT2D eigenvalue weighted by atomic mass is 9.95. The van der Waals surface area contributed by atoms with Gasteiger partial charge in [0.1, 0.15) is 0 Å². The normalized spacial score (nSPS) is 14.7. The minimum absolute atomic E-state index is 0.229. The minimum atomic E-state index is 0.229. The summed E-state index contributed by atoms with van der Waals surface area (Å²) in [4.78, 5) is 12.0. The van der Waals surface area contributed by atoms with E-state index in [0.29, 0.717) is 6.42 Å². The van der Waals surface area contributed by atoms with Gasteiger partial charge in [-0.05, 0) is 47.8 Å². The Bertz CT molecular complexity index is 631. The molecule has 0 spiro atoms. The molecule has 3 nitrogen and oxygen atoms in total. The van der Waals surface area contributed by atoms with E-state index in [1.807, 2.05) is 35.9 Å². The summed E-state index contributed by atoms with van der Waals surface area (Å²) < 4.78 is 2.90. The van der Waals surface area contributed by atoms with Gasteiger partial charge in [-0.2, -0.15) is 5.10 Å². The molecule has 0 atom stereocenters. The molecule has 0 saturated carbocycles. The van der Waals surface area contributed by atoms with Crippen molar-refractivity contribution < 1.29 is 4.79 Å². The first-order chi connectivity index (χ1) is 8.68. The maximum atomic E-state index is 12.0. The Morgan fingerprint density at radius 1 is 1.28 bits per heavy atom. The summed E-state index contributed by atoms with van der Waals surface area (Å²) in [5.41, 5.74) is 3.72. The SMILES string of the molecule is Cc1nn(-c2ccccc2Br)c2c1C(=O)CCC2. The second kappa shape index (κ2) is 4.35. The van der Waals surface area contributed by atoms with Crippen LogP contribution in [0.4, 0.5) is 0 Å². The van der Waals surface area contributed by atoms with Crippen LogP contribution in [0.2, 0.25) is 0 Å². The number of ketones is 1. The van der Waals surface area contributed by atoms with E-state index < -0.39 is 0 Å². The minimum Gasteiger partial charge on any atom is -0.294 e. The summed E-state index contributed by atoms with van der Waals surface area (Å²) >= 11 is 3.54. The number of hydrogen-bond donors (Lipinski definition) is 0. The summed E-state index contributed by atoms with van der Waals surface area (Å²) in [6, 6.07) is 7.95. The highest BCUT2D eigenvalue weighted by Crippen LogP contribution is 2.29. The van der Waals surface area contributed by atoms with Crippen molar-refractivity contribution in [2.24, 2.45) is 0 Å². The van der Waals surface area contributed by atoms with Crippen LogP contribution in [0, 0.1) is 6.92 Å². The van der Waals surface area contributed by atoms with Crippen molar-refractivity contribution in [3.8, 4) is 5.69 Å². The average Bonchev–Trinajstić information content (AvgIpc) is 2.69. The fourth-order valence-corrected chi connectivity index (χ4v) is 2.99. The molecule has 1 aliphatic carbocycles. The molecule has 0 N–H and O–H groups in total. The maximum absolute atomic E-state index is 12.0. The lowest BCUT2D eigenvalue weighted by Crippen LogP contribution is -2.13. The van der Waals surface area contributed by atoms with Crippen LogP contribution < -0.4 is 0 Å². The molecular formula is C14H13BrN2O. The number of para-hydroxylation sites is 1. The summed E-state index contributed by atoms with van der Waals surface area (Å²) in [7, 11) is 0. The molecule has 0 unspecified atom stereocenters. The molecule has 0 saturated heterocycles. The lowest BCUT2D eigenvalue weighted by Gasteiger charge is -2.14. The molecule has 18 heavy (non-hydrogen) atoms. The number of carbonyl (C=O) groups excluding carboxylic acids is 1. The van der Waals surface area contributed by atoms with Gasteiger partial charge in [-0.15, -0.1) is 0 Å². The van der Waals surface area contributed by atoms with Gasteiger partial charge in [-0.25, -0.2) is 4.68 Å². The number of aromatic nitrogens is 2. The number of benzene rings is 1. The van der Waals surface area contributed by atoms with Crippen molar-refractivity contribution in [3.63, 3.8) is 0 Å². The highest BCUT2D eigenvalue weighted by atomic mass is 79.9. The van der Waals surface area contributed by atoms with E-state index >= 15 is 0 Å². The van der Waals surface area contributed by atoms with Crippen molar-refractivity contribution in [1.29, 1.82) is 0 Å². The summed E-state index contributed by atoms with van der Waals surface area (Å²) in [6.07, 6.45) is 2.49. The van der Waals surface area contributed by atoms with Gasteiger partial charge in [0.25, 0.3) is 0 Å². The smallest absolute Gasteiger partial charge is 0.166 e. The predicted octanol–water partition coefficient (Wildman–Crippen LogP) is 3.46. The number of Topliss-reactive ketones (excluding diaryl/α,β-unsaturated/α-hetero) is 1. The van der Waals surface area contributed by atoms with Crippen LogP contribution in [-0.2, 0) is 6.42 Å². The molecular weight excluding hydrogens is 292 g/mol. The molecule has 1 aromatic heterocycles. The fraction of sp³-hybridized carbons (Fsp3) is 0.286. The second-order valence-corrected chi connectivity index (χ2v) is 5.40. The third-order valence-corrected chi connectivity index (χ3v) is 4.00. The topological polar surface area (TPSA) is 34.9 Å². The Kier molecular flexibility index (Phi) is 2.82. The van der Waals surface area contributed by atoms with Gasteiger partial charge in [-0.1, -0.05) is 12.1 Å². The molecule has 0 aliphatic heterocycles. The molecule has 1 aliphatic rings. The van der Waals surface area contributed by atoms with E-state index in [9.17, 15) is 4.79 Å². The second-order valence-electron chi connectivity index (χ2n) is 4.55. The number of rotatable bonds is 1. The van der Waals surface area contributed by atoms with Crippen molar-refractivity contribution >= 4 is 21.7 Å². The summed E-state index contributed by atoms with van der Waals surface area (Å²) in [6.45, 7) is 1.91. The van der Waals surface area contributed by atoms with E-state index in [2.05, 4.69) is 21.0 Å². The molecule has 92 valence electrons. The molecule has 3 rings (SSSR count). The monoisotopic (exact) mass is 304 g/mol. The van der Waals surface area contributed by atoms with Gasteiger partial charge in [0.2, 0.25) is 0 Å². The number of fused-ring (bicyclic) bond motifs is 1. The Morgan fingerprint density at radius 2 is 2.06 bits per heavy atom. The largest absolute Gasteiger partial charge is 0.294 e. The lowest BCUT2D eigenvalue weighted by molar-refractivity contribution is 0.0971. The number of nitrogens with zero attached hydrogens (tertiary/aromatic N) is 2. The van der Waals surface area contributed by atoms with Crippen molar-refractivity contribution in [2.75, 3.05) is 0 Å². The van der Waals surface area contributed by atoms with E-state index in [1.54, 1.807) is 0 Å². The van der Waals surface area contributed by atoms with Crippen molar-refractivity contribution in [1.82, 2.24) is 9.78 Å². The molecule has 1 aromatic carbocycles. The van der Waals surface area contributed by atoms with Crippen LogP contribution in [0.15, 0.2) is 28.7 Å². The third-order valence-electron chi connectivity index (χ3n) is 3.33. The molecule has 0 bridgehead atoms. The van der Waals surface area contributed by atoms with Crippen LogP contribution in [0.3, 0.4) is 0 Å². The highest BCUT2D eigenvalue weighted by Gasteiger charge is 2.25. The number of carbonyl (C=O) groups is 1. The first kappa shape index (κ1) is 11.7. The Balaban J connectivity index is 2.23. The Labute approximate surface area is 114 Å². The van der Waals surface area contributed by atoms with E-state index in [4.69, 9.17) is 0 Å². The standard InChI is InChI=1S/C14H13BrN2O/c1-9-14-12(7-4-8-13(14)18)17(16-9)11-6-3-2-5-10(11)15/h2-3,5-6H,4,7-8H2,1H3. The quantitative estimate of drug-likeness (QED) is 0.808. The van der Waals surface area contributed by atoms with E-state index in [0.717, 1.165) is 40.0 Å². The van der Waals surface area contributed by atoms with Crippen LogP contribution >= 0.6 is 15.9 Å². The van der Waals surface area contributed by atoms with Crippen LogP contribution in [0.1, 0.15) is 34.6 Å². The highest BCUT2D eigenvalue weighted by molar-refractivity contribution is 9.10. The Hall–Kier alpha value is -1.42. The summed E-state index contributed by atoms with van der Waals surface area (Å²) in [5, 5.41) is 4.54.